The van der Waals surface area contributed by atoms with Crippen molar-refractivity contribution in [2.45, 2.75) is 0 Å². The van der Waals surface area contributed by atoms with Crippen molar-refractivity contribution >= 4 is 31.8 Å². The van der Waals surface area contributed by atoms with Crippen LogP contribution < -0.4 is 4.72 Å². The van der Waals surface area contributed by atoms with Crippen LogP contribution >= 0.6 is 15.9 Å². The van der Waals surface area contributed by atoms with E-state index in [1.54, 1.807) is 18.2 Å². The smallest absolute Gasteiger partial charge is 0.301 e. The number of rotatable bonds is 3. The Bertz CT molecular complexity index is 486. The molecule has 0 radical (unpaired) electrons. The van der Waals surface area contributed by atoms with Gasteiger partial charge in [-0.3, -0.25) is 4.72 Å². The van der Waals surface area contributed by atoms with Crippen LogP contribution in [-0.2, 0) is 14.9 Å². The summed E-state index contributed by atoms with van der Waals surface area (Å²) in [6, 6.07) is 7.05. The summed E-state index contributed by atoms with van der Waals surface area (Å²) in [7, 11) is -3.47. The van der Waals surface area contributed by atoms with E-state index in [9.17, 15) is 8.42 Å². The van der Waals surface area contributed by atoms with Crippen LogP contribution in [0.4, 0.5) is 5.69 Å². The largest absolute Gasteiger partial charge is 0.379 e. The number of ether oxygens (including phenoxy) is 1. The lowest BCUT2D eigenvalue weighted by Crippen LogP contribution is -2.43. The summed E-state index contributed by atoms with van der Waals surface area (Å²) in [6.45, 7) is 1.67. The molecule has 0 saturated carbocycles. The van der Waals surface area contributed by atoms with Crippen molar-refractivity contribution in [3.05, 3.63) is 28.7 Å². The van der Waals surface area contributed by atoms with Gasteiger partial charge in [0.1, 0.15) is 0 Å². The zero-order chi connectivity index (χ0) is 12.3. The van der Waals surface area contributed by atoms with E-state index in [1.165, 1.54) is 4.31 Å². The Balaban J connectivity index is 2.11. The van der Waals surface area contributed by atoms with E-state index in [-0.39, 0.29) is 0 Å². The normalized spacial score (nSPS) is 17.9. The predicted octanol–water partition coefficient (Wildman–Crippen LogP) is 1.44. The second-order valence-corrected chi connectivity index (χ2v) is 6.22. The molecule has 1 heterocycles. The Morgan fingerprint density at radius 1 is 1.29 bits per heavy atom. The fourth-order valence-corrected chi connectivity index (χ4v) is 3.14. The average Bonchev–Trinajstić information content (AvgIpc) is 2.29. The SMILES string of the molecule is O=S(=O)(Nc1cccc(Br)c1)N1CCOCC1. The van der Waals surface area contributed by atoms with Gasteiger partial charge in [0.15, 0.2) is 0 Å². The van der Waals surface area contributed by atoms with Gasteiger partial charge >= 0.3 is 10.2 Å². The summed E-state index contributed by atoms with van der Waals surface area (Å²) < 4.78 is 33.9. The zero-order valence-corrected chi connectivity index (χ0v) is 11.5. The lowest BCUT2D eigenvalue weighted by Gasteiger charge is -2.26. The highest BCUT2D eigenvalue weighted by molar-refractivity contribution is 9.10. The van der Waals surface area contributed by atoms with Crippen LogP contribution in [0.15, 0.2) is 28.7 Å². The standard InChI is InChI=1S/C10H13BrN2O3S/c11-9-2-1-3-10(8-9)12-17(14,15)13-4-6-16-7-5-13/h1-3,8,12H,4-7H2. The molecule has 0 unspecified atom stereocenters. The van der Waals surface area contributed by atoms with Crippen LogP contribution in [0.3, 0.4) is 0 Å². The van der Waals surface area contributed by atoms with Crippen LogP contribution in [0.25, 0.3) is 0 Å². The Morgan fingerprint density at radius 2 is 2.00 bits per heavy atom. The molecule has 1 aromatic rings. The second-order valence-electron chi connectivity index (χ2n) is 3.63. The predicted molar refractivity (Wildman–Crippen MR) is 69.1 cm³/mol. The molecule has 0 atom stereocenters. The average molecular weight is 321 g/mol. The Morgan fingerprint density at radius 3 is 2.65 bits per heavy atom. The molecule has 1 fully saturated rings. The molecule has 2 rings (SSSR count). The van der Waals surface area contributed by atoms with Crippen molar-refractivity contribution in [2.75, 3.05) is 31.0 Å². The summed E-state index contributed by atoms with van der Waals surface area (Å²) in [4.78, 5) is 0. The molecule has 0 bridgehead atoms. The maximum atomic E-state index is 12.0. The van der Waals surface area contributed by atoms with Crippen molar-refractivity contribution in [3.63, 3.8) is 0 Å². The van der Waals surface area contributed by atoms with Gasteiger partial charge in [0.2, 0.25) is 0 Å². The van der Waals surface area contributed by atoms with Crippen LogP contribution in [0.2, 0.25) is 0 Å². The number of halogens is 1. The molecule has 1 aromatic carbocycles. The molecular formula is C10H13BrN2O3S. The molecule has 0 aliphatic carbocycles. The first-order valence-electron chi connectivity index (χ1n) is 5.19. The minimum absolute atomic E-state index is 0.392. The fraction of sp³-hybridized carbons (Fsp3) is 0.400. The van der Waals surface area contributed by atoms with E-state index in [2.05, 4.69) is 20.7 Å². The molecule has 1 saturated heterocycles. The number of hydrogen-bond acceptors (Lipinski definition) is 3. The molecule has 7 heteroatoms. The van der Waals surface area contributed by atoms with Gasteiger partial charge in [0.05, 0.1) is 18.9 Å². The fourth-order valence-electron chi connectivity index (χ4n) is 1.55. The third-order valence-corrected chi connectivity index (χ3v) is 4.41. The van der Waals surface area contributed by atoms with Gasteiger partial charge in [-0.25, -0.2) is 0 Å². The number of hydrogen-bond donors (Lipinski definition) is 1. The van der Waals surface area contributed by atoms with Crippen LogP contribution in [0, 0.1) is 0 Å². The number of nitrogens with zero attached hydrogens (tertiary/aromatic N) is 1. The summed E-state index contributed by atoms with van der Waals surface area (Å²) in [6.07, 6.45) is 0. The molecule has 0 spiro atoms. The summed E-state index contributed by atoms with van der Waals surface area (Å²) in [5.74, 6) is 0. The van der Waals surface area contributed by atoms with Gasteiger partial charge in [-0.2, -0.15) is 12.7 Å². The van der Waals surface area contributed by atoms with Crippen LogP contribution in [-0.4, -0.2) is 39.0 Å². The first kappa shape index (κ1) is 12.8. The Kier molecular flexibility index (Phi) is 4.03. The van der Waals surface area contributed by atoms with Gasteiger partial charge in [-0.1, -0.05) is 22.0 Å². The van der Waals surface area contributed by atoms with Gasteiger partial charge in [-0.15, -0.1) is 0 Å². The van der Waals surface area contributed by atoms with E-state index < -0.39 is 10.2 Å². The molecule has 1 aliphatic rings. The zero-order valence-electron chi connectivity index (χ0n) is 9.10. The van der Waals surface area contributed by atoms with Gasteiger partial charge < -0.3 is 4.74 Å². The minimum Gasteiger partial charge on any atom is -0.379 e. The number of morpholine rings is 1. The summed E-state index contributed by atoms with van der Waals surface area (Å²) in [5.41, 5.74) is 0.547. The number of nitrogens with one attached hydrogen (secondary N) is 1. The minimum atomic E-state index is -3.47. The molecule has 1 N–H and O–H groups in total. The monoisotopic (exact) mass is 320 g/mol. The maximum absolute atomic E-state index is 12.0. The first-order chi connectivity index (χ1) is 8.08. The van der Waals surface area contributed by atoms with Crippen molar-refractivity contribution in [3.8, 4) is 0 Å². The molecule has 94 valence electrons. The molecule has 1 aliphatic heterocycles. The molecular weight excluding hydrogens is 308 g/mol. The summed E-state index contributed by atoms with van der Waals surface area (Å²) >= 11 is 3.30. The second kappa shape index (κ2) is 5.34. The van der Waals surface area contributed by atoms with Gasteiger partial charge in [0, 0.05) is 17.6 Å². The van der Waals surface area contributed by atoms with Crippen LogP contribution in [0.5, 0.6) is 0 Å². The van der Waals surface area contributed by atoms with Crippen LogP contribution in [0.1, 0.15) is 0 Å². The number of benzene rings is 1. The third kappa shape index (κ3) is 3.41. The van der Waals surface area contributed by atoms with E-state index in [0.717, 1.165) is 4.47 Å². The van der Waals surface area contributed by atoms with Gasteiger partial charge in [-0.05, 0) is 18.2 Å². The van der Waals surface area contributed by atoms with Crippen molar-refractivity contribution in [1.29, 1.82) is 0 Å². The van der Waals surface area contributed by atoms with E-state index >= 15 is 0 Å². The maximum Gasteiger partial charge on any atom is 0.301 e. The van der Waals surface area contributed by atoms with Gasteiger partial charge in [0.25, 0.3) is 0 Å². The third-order valence-electron chi connectivity index (χ3n) is 2.38. The highest BCUT2D eigenvalue weighted by atomic mass is 79.9. The molecule has 0 amide bonds. The Hall–Kier alpha value is -0.630. The molecule has 0 aromatic heterocycles. The van der Waals surface area contributed by atoms with E-state index in [1.807, 2.05) is 6.07 Å². The first-order valence-corrected chi connectivity index (χ1v) is 7.42. The summed E-state index contributed by atoms with van der Waals surface area (Å²) in [5, 5.41) is 0. The van der Waals surface area contributed by atoms with Crippen molar-refractivity contribution in [1.82, 2.24) is 4.31 Å². The number of anilines is 1. The van der Waals surface area contributed by atoms with Crippen molar-refractivity contribution < 1.29 is 13.2 Å². The topological polar surface area (TPSA) is 58.6 Å². The highest BCUT2D eigenvalue weighted by Crippen LogP contribution is 2.18. The molecule has 17 heavy (non-hydrogen) atoms. The van der Waals surface area contributed by atoms with E-state index in [4.69, 9.17) is 4.74 Å². The van der Waals surface area contributed by atoms with Crippen molar-refractivity contribution in [2.24, 2.45) is 0 Å². The lowest BCUT2D eigenvalue weighted by molar-refractivity contribution is 0.0733. The Labute approximate surface area is 109 Å². The quantitative estimate of drug-likeness (QED) is 0.916. The molecule has 5 nitrogen and oxygen atoms in total. The van der Waals surface area contributed by atoms with E-state index in [0.29, 0.717) is 32.0 Å². The lowest BCUT2D eigenvalue weighted by atomic mass is 10.3. The highest BCUT2D eigenvalue weighted by Gasteiger charge is 2.23.